The maximum absolute atomic E-state index is 11.7. The van der Waals surface area contributed by atoms with Crippen LogP contribution in [0.3, 0.4) is 0 Å². The molecule has 0 saturated carbocycles. The van der Waals surface area contributed by atoms with Crippen molar-refractivity contribution in [1.82, 2.24) is 4.90 Å². The van der Waals surface area contributed by atoms with Gasteiger partial charge in [0.1, 0.15) is 0 Å². The second-order valence-corrected chi connectivity index (χ2v) is 3.32. The van der Waals surface area contributed by atoms with E-state index in [1.165, 1.54) is 11.8 Å². The van der Waals surface area contributed by atoms with Gasteiger partial charge in [-0.2, -0.15) is 13.2 Å². The number of carbonyl (C=O) groups is 2. The first-order chi connectivity index (χ1) is 6.75. The molecule has 0 aromatic carbocycles. The van der Waals surface area contributed by atoms with Gasteiger partial charge in [0.15, 0.2) is 0 Å². The molecular weight excluding hydrogens is 211 g/mol. The first kappa shape index (κ1) is 13.9. The molecule has 0 rings (SSSR count). The minimum atomic E-state index is -4.73. The molecule has 0 bridgehead atoms. The molecule has 6 heteroatoms. The monoisotopic (exact) mass is 225 g/mol. The van der Waals surface area contributed by atoms with E-state index >= 15 is 0 Å². The Balaban J connectivity index is 3.64. The van der Waals surface area contributed by atoms with Gasteiger partial charge in [-0.05, 0) is 12.8 Å². The van der Waals surface area contributed by atoms with Gasteiger partial charge < -0.3 is 4.90 Å². The first-order valence-electron chi connectivity index (χ1n) is 4.57. The fraction of sp³-hybridized carbons (Fsp3) is 0.778. The number of hydrogen-bond acceptors (Lipinski definition) is 2. The molecule has 0 saturated heterocycles. The highest BCUT2D eigenvalue weighted by molar-refractivity contribution is 5.83. The van der Waals surface area contributed by atoms with Crippen molar-refractivity contribution in [2.75, 3.05) is 13.6 Å². The van der Waals surface area contributed by atoms with Crippen molar-refractivity contribution in [3.8, 4) is 0 Å². The van der Waals surface area contributed by atoms with E-state index in [-0.39, 0.29) is 12.3 Å². The summed E-state index contributed by atoms with van der Waals surface area (Å²) in [7, 11) is 1.56. The number of nitrogens with zero attached hydrogens (tertiary/aromatic N) is 1. The van der Waals surface area contributed by atoms with Crippen LogP contribution in [0.5, 0.6) is 0 Å². The Morgan fingerprint density at radius 2 is 1.73 bits per heavy atom. The quantitative estimate of drug-likeness (QED) is 0.668. The lowest BCUT2D eigenvalue weighted by Gasteiger charge is -2.14. The number of ketones is 1. The zero-order valence-electron chi connectivity index (χ0n) is 8.73. The Kier molecular flexibility index (Phi) is 5.32. The molecule has 0 aromatic heterocycles. The van der Waals surface area contributed by atoms with Crippen LogP contribution in [0.25, 0.3) is 0 Å². The van der Waals surface area contributed by atoms with Gasteiger partial charge in [-0.15, -0.1) is 0 Å². The molecule has 0 fully saturated rings. The standard InChI is InChI=1S/C9H14F3NO2/c1-7(14)13(2)6-4-3-5-8(15)9(10,11)12/h3-6H2,1-2H3. The summed E-state index contributed by atoms with van der Waals surface area (Å²) in [5.41, 5.74) is 0. The number of Topliss-reactive ketones (excluding diaryl/α,β-unsaturated/α-hetero) is 1. The molecule has 0 unspecified atom stereocenters. The highest BCUT2D eigenvalue weighted by Gasteiger charge is 2.37. The van der Waals surface area contributed by atoms with Gasteiger partial charge in [0.05, 0.1) is 0 Å². The minimum Gasteiger partial charge on any atom is -0.346 e. The van der Waals surface area contributed by atoms with Crippen molar-refractivity contribution >= 4 is 11.7 Å². The fourth-order valence-electron chi connectivity index (χ4n) is 0.934. The smallest absolute Gasteiger partial charge is 0.346 e. The van der Waals surface area contributed by atoms with E-state index in [0.717, 1.165) is 0 Å². The highest BCUT2D eigenvalue weighted by atomic mass is 19.4. The minimum absolute atomic E-state index is 0.142. The normalized spacial score (nSPS) is 11.3. The number of rotatable bonds is 5. The number of carbonyl (C=O) groups excluding carboxylic acids is 2. The van der Waals surface area contributed by atoms with Gasteiger partial charge in [-0.1, -0.05) is 0 Å². The largest absolute Gasteiger partial charge is 0.449 e. The molecule has 0 heterocycles. The van der Waals surface area contributed by atoms with E-state index in [4.69, 9.17) is 0 Å². The number of alkyl halides is 3. The molecule has 0 radical (unpaired) electrons. The Morgan fingerprint density at radius 1 is 1.20 bits per heavy atom. The predicted octanol–water partition coefficient (Wildman–Crippen LogP) is 1.77. The van der Waals surface area contributed by atoms with Gasteiger partial charge in [0, 0.05) is 26.9 Å². The predicted molar refractivity (Wildman–Crippen MR) is 48.2 cm³/mol. The zero-order chi connectivity index (χ0) is 12.1. The number of unbranched alkanes of at least 4 members (excludes halogenated alkanes) is 1. The lowest BCUT2D eigenvalue weighted by atomic mass is 10.1. The molecular formula is C9H14F3NO2. The third-order valence-electron chi connectivity index (χ3n) is 2.00. The number of hydrogen-bond donors (Lipinski definition) is 0. The molecule has 0 aliphatic carbocycles. The van der Waals surface area contributed by atoms with Crippen LogP contribution >= 0.6 is 0 Å². The van der Waals surface area contributed by atoms with E-state index in [0.29, 0.717) is 13.0 Å². The maximum Gasteiger partial charge on any atom is 0.449 e. The van der Waals surface area contributed by atoms with Crippen LogP contribution < -0.4 is 0 Å². The Hall–Kier alpha value is -1.07. The van der Waals surface area contributed by atoms with Crippen molar-refractivity contribution in [3.63, 3.8) is 0 Å². The van der Waals surface area contributed by atoms with E-state index in [2.05, 4.69) is 0 Å². The molecule has 15 heavy (non-hydrogen) atoms. The molecule has 0 N–H and O–H groups in total. The van der Waals surface area contributed by atoms with Crippen LogP contribution in [0.1, 0.15) is 26.2 Å². The maximum atomic E-state index is 11.7. The summed E-state index contributed by atoms with van der Waals surface area (Å²) < 4.78 is 35.2. The first-order valence-corrected chi connectivity index (χ1v) is 4.57. The molecule has 0 atom stereocenters. The fourth-order valence-corrected chi connectivity index (χ4v) is 0.934. The average molecular weight is 225 g/mol. The van der Waals surface area contributed by atoms with Crippen molar-refractivity contribution in [2.24, 2.45) is 0 Å². The topological polar surface area (TPSA) is 37.4 Å². The van der Waals surface area contributed by atoms with Crippen LogP contribution in [0.15, 0.2) is 0 Å². The molecule has 0 aliphatic rings. The lowest BCUT2D eigenvalue weighted by molar-refractivity contribution is -0.171. The molecule has 88 valence electrons. The summed E-state index contributed by atoms with van der Waals surface area (Å²) in [6, 6.07) is 0. The van der Waals surface area contributed by atoms with E-state index in [1.807, 2.05) is 0 Å². The summed E-state index contributed by atoms with van der Waals surface area (Å²) in [5.74, 6) is -1.84. The van der Waals surface area contributed by atoms with Crippen LogP contribution in [-0.2, 0) is 9.59 Å². The summed E-state index contributed by atoms with van der Waals surface area (Å²) in [6.45, 7) is 1.75. The van der Waals surface area contributed by atoms with Crippen LogP contribution in [0, 0.1) is 0 Å². The van der Waals surface area contributed by atoms with Gasteiger partial charge in [0.2, 0.25) is 11.7 Å². The van der Waals surface area contributed by atoms with E-state index in [9.17, 15) is 22.8 Å². The number of halogens is 3. The summed E-state index contributed by atoms with van der Waals surface area (Å²) in [6.07, 6.45) is -4.68. The Labute approximate surface area is 86.2 Å². The SMILES string of the molecule is CC(=O)N(C)CCCCC(=O)C(F)(F)F. The summed E-state index contributed by atoms with van der Waals surface area (Å²) in [4.78, 5) is 22.5. The third kappa shape index (κ3) is 6.09. The summed E-state index contributed by atoms with van der Waals surface area (Å²) >= 11 is 0. The molecule has 0 aromatic rings. The average Bonchev–Trinajstić information content (AvgIpc) is 2.09. The van der Waals surface area contributed by atoms with Crippen molar-refractivity contribution in [1.29, 1.82) is 0 Å². The van der Waals surface area contributed by atoms with Crippen LogP contribution in [-0.4, -0.2) is 36.4 Å². The summed E-state index contributed by atoms with van der Waals surface area (Å²) in [5, 5.41) is 0. The molecule has 3 nitrogen and oxygen atoms in total. The van der Waals surface area contributed by atoms with Gasteiger partial charge >= 0.3 is 6.18 Å². The Bertz CT molecular complexity index is 238. The van der Waals surface area contributed by atoms with Gasteiger partial charge in [-0.3, -0.25) is 9.59 Å². The lowest BCUT2D eigenvalue weighted by Crippen LogP contribution is -2.26. The van der Waals surface area contributed by atoms with Crippen LogP contribution in [0.2, 0.25) is 0 Å². The molecule has 0 spiro atoms. The van der Waals surface area contributed by atoms with Gasteiger partial charge in [0.25, 0.3) is 0 Å². The second kappa shape index (κ2) is 5.72. The number of amides is 1. The second-order valence-electron chi connectivity index (χ2n) is 3.32. The zero-order valence-corrected chi connectivity index (χ0v) is 8.73. The Morgan fingerprint density at radius 3 is 2.13 bits per heavy atom. The van der Waals surface area contributed by atoms with Crippen molar-refractivity contribution < 1.29 is 22.8 Å². The van der Waals surface area contributed by atoms with E-state index < -0.39 is 18.4 Å². The van der Waals surface area contributed by atoms with Crippen molar-refractivity contribution in [3.05, 3.63) is 0 Å². The molecule has 1 amide bonds. The van der Waals surface area contributed by atoms with E-state index in [1.54, 1.807) is 7.05 Å². The third-order valence-corrected chi connectivity index (χ3v) is 2.00. The van der Waals surface area contributed by atoms with Gasteiger partial charge in [-0.25, -0.2) is 0 Å². The molecule has 0 aliphatic heterocycles. The van der Waals surface area contributed by atoms with Crippen LogP contribution in [0.4, 0.5) is 13.2 Å². The van der Waals surface area contributed by atoms with Crippen molar-refractivity contribution in [2.45, 2.75) is 32.4 Å². The highest BCUT2D eigenvalue weighted by Crippen LogP contribution is 2.19.